The van der Waals surface area contributed by atoms with E-state index in [2.05, 4.69) is 10.4 Å². The Labute approximate surface area is 183 Å². The zero-order valence-corrected chi connectivity index (χ0v) is 18.0. The van der Waals surface area contributed by atoms with Crippen LogP contribution in [0.2, 0.25) is 5.02 Å². The Hall–Kier alpha value is -2.42. The van der Waals surface area contributed by atoms with Crippen LogP contribution in [0.3, 0.4) is 0 Å². The zero-order chi connectivity index (χ0) is 22.3. The summed E-state index contributed by atoms with van der Waals surface area (Å²) in [7, 11) is 1.52. The minimum atomic E-state index is -4.55. The van der Waals surface area contributed by atoms with Gasteiger partial charge in [-0.25, -0.2) is 4.68 Å². The molecule has 168 valence electrons. The number of nitrogens with zero attached hydrogens (tertiary/aromatic N) is 3. The van der Waals surface area contributed by atoms with Crippen LogP contribution in [-0.4, -0.2) is 46.5 Å². The summed E-state index contributed by atoms with van der Waals surface area (Å²) in [5, 5.41) is 7.05. The molecule has 1 aromatic carbocycles. The van der Waals surface area contributed by atoms with Crippen LogP contribution in [0.1, 0.15) is 60.7 Å². The topological polar surface area (TPSA) is 59.4 Å². The number of hydrogen-bond acceptors (Lipinski definition) is 4. The van der Waals surface area contributed by atoms with Gasteiger partial charge in [-0.2, -0.15) is 18.3 Å². The lowest BCUT2D eigenvalue weighted by atomic mass is 9.97. The Morgan fingerprint density at radius 3 is 2.58 bits per heavy atom. The van der Waals surface area contributed by atoms with Crippen LogP contribution in [-0.2, 0) is 0 Å². The van der Waals surface area contributed by atoms with Crippen molar-refractivity contribution in [3.63, 3.8) is 0 Å². The van der Waals surface area contributed by atoms with Crippen LogP contribution in [0, 0.1) is 0 Å². The van der Waals surface area contributed by atoms with E-state index in [0.29, 0.717) is 17.9 Å². The number of nitrogens with one attached hydrogen (secondary N) is 1. The van der Waals surface area contributed by atoms with Gasteiger partial charge in [0.25, 0.3) is 5.91 Å². The maximum absolute atomic E-state index is 13.9. The number of piperidine rings is 1. The molecule has 6 nitrogen and oxygen atoms in total. The molecular weight excluding hydrogens is 433 g/mol. The summed E-state index contributed by atoms with van der Waals surface area (Å²) >= 11 is 6.44. The Bertz CT molecular complexity index is 961. The van der Waals surface area contributed by atoms with Crippen LogP contribution >= 0.6 is 11.6 Å². The van der Waals surface area contributed by atoms with Crippen molar-refractivity contribution in [3.8, 4) is 5.75 Å². The minimum absolute atomic E-state index is 0.00513. The van der Waals surface area contributed by atoms with E-state index in [1.807, 2.05) is 6.92 Å². The number of hydrogen-bond donors (Lipinski definition) is 1. The standard InChI is InChI=1S/C21H24ClF3N4O2/c1-12-5-3-4-10-28(12)20(30)18-17(22)19-26-15(13-6-8-14(31-2)9-7-13)11-16(21(23,24)25)29(19)27-18/h6-9,12,15-16,26H,3-5,10-11H2,1-2H3/t12-,15+,16-/m0/s1. The van der Waals surface area contributed by atoms with Gasteiger partial charge in [-0.15, -0.1) is 0 Å². The van der Waals surface area contributed by atoms with Gasteiger partial charge < -0.3 is 15.0 Å². The van der Waals surface area contributed by atoms with Crippen molar-refractivity contribution >= 4 is 23.3 Å². The Kier molecular flexibility index (Phi) is 5.81. The first-order valence-electron chi connectivity index (χ1n) is 10.3. The highest BCUT2D eigenvalue weighted by molar-refractivity contribution is 6.36. The van der Waals surface area contributed by atoms with Crippen molar-refractivity contribution in [1.29, 1.82) is 0 Å². The van der Waals surface area contributed by atoms with Crippen molar-refractivity contribution in [3.05, 3.63) is 40.5 Å². The molecule has 0 bridgehead atoms. The van der Waals surface area contributed by atoms with Gasteiger partial charge in [0, 0.05) is 19.0 Å². The predicted octanol–water partition coefficient (Wildman–Crippen LogP) is 5.22. The molecule has 4 rings (SSSR count). The Balaban J connectivity index is 1.71. The molecule has 1 N–H and O–H groups in total. The molecule has 0 aliphatic carbocycles. The Morgan fingerprint density at radius 2 is 1.97 bits per heavy atom. The Morgan fingerprint density at radius 1 is 1.26 bits per heavy atom. The molecule has 3 heterocycles. The first kappa shape index (κ1) is 21.8. The third-order valence-corrected chi connectivity index (χ3v) is 6.44. The number of methoxy groups -OCH3 is 1. The van der Waals surface area contributed by atoms with Gasteiger partial charge in [-0.05, 0) is 43.9 Å². The number of halogens is 4. The van der Waals surface area contributed by atoms with E-state index < -0.39 is 24.2 Å². The molecule has 0 radical (unpaired) electrons. The molecule has 1 amide bonds. The second-order valence-corrected chi connectivity index (χ2v) is 8.44. The van der Waals surface area contributed by atoms with Crippen LogP contribution in [0.4, 0.5) is 19.0 Å². The fraction of sp³-hybridized carbons (Fsp3) is 0.524. The maximum Gasteiger partial charge on any atom is 0.410 e. The largest absolute Gasteiger partial charge is 0.497 e. The van der Waals surface area contributed by atoms with E-state index in [0.717, 1.165) is 23.9 Å². The maximum atomic E-state index is 13.9. The first-order valence-corrected chi connectivity index (χ1v) is 10.6. The number of aromatic nitrogens is 2. The van der Waals surface area contributed by atoms with Gasteiger partial charge in [-0.3, -0.25) is 4.79 Å². The minimum Gasteiger partial charge on any atom is -0.497 e. The van der Waals surface area contributed by atoms with E-state index in [4.69, 9.17) is 16.3 Å². The SMILES string of the molecule is COc1ccc([C@H]2C[C@@H](C(F)(F)F)n3nc(C(=O)N4CCCC[C@@H]4C)c(Cl)c3N2)cc1. The summed E-state index contributed by atoms with van der Waals surface area (Å²) in [6.45, 7) is 2.47. The number of fused-ring (bicyclic) bond motifs is 1. The highest BCUT2D eigenvalue weighted by Crippen LogP contribution is 2.46. The summed E-state index contributed by atoms with van der Waals surface area (Å²) < 4.78 is 47.8. The van der Waals surface area contributed by atoms with Crippen molar-refractivity contribution in [2.45, 2.75) is 56.9 Å². The van der Waals surface area contributed by atoms with Gasteiger partial charge in [0.05, 0.1) is 13.2 Å². The first-order chi connectivity index (χ1) is 14.7. The fourth-order valence-corrected chi connectivity index (χ4v) is 4.58. The summed E-state index contributed by atoms with van der Waals surface area (Å²) in [5.74, 6) is 0.199. The van der Waals surface area contributed by atoms with Crippen LogP contribution in [0.5, 0.6) is 5.75 Å². The number of alkyl halides is 3. The fourth-order valence-electron chi connectivity index (χ4n) is 4.32. The second-order valence-electron chi connectivity index (χ2n) is 8.06. The van der Waals surface area contributed by atoms with Crippen LogP contribution in [0.25, 0.3) is 0 Å². The highest BCUT2D eigenvalue weighted by atomic mass is 35.5. The molecule has 1 fully saturated rings. The molecule has 2 aromatic rings. The third kappa shape index (κ3) is 4.07. The van der Waals surface area contributed by atoms with Crippen molar-refractivity contribution in [2.24, 2.45) is 0 Å². The molecule has 3 atom stereocenters. The van der Waals surface area contributed by atoms with E-state index in [1.165, 1.54) is 7.11 Å². The summed E-state index contributed by atoms with van der Waals surface area (Å²) in [5.41, 5.74) is 0.527. The molecule has 0 unspecified atom stereocenters. The average Bonchev–Trinajstić information content (AvgIpc) is 3.09. The lowest BCUT2D eigenvalue weighted by Crippen LogP contribution is -2.42. The number of amides is 1. The van der Waals surface area contributed by atoms with Crippen molar-refractivity contribution in [2.75, 3.05) is 19.0 Å². The summed E-state index contributed by atoms with van der Waals surface area (Å²) in [6.07, 6.45) is -2.10. The van der Waals surface area contributed by atoms with Crippen LogP contribution in [0.15, 0.2) is 24.3 Å². The number of rotatable bonds is 3. The summed E-state index contributed by atoms with van der Waals surface area (Å²) in [6, 6.07) is 4.27. The highest BCUT2D eigenvalue weighted by Gasteiger charge is 2.48. The molecule has 31 heavy (non-hydrogen) atoms. The number of anilines is 1. The monoisotopic (exact) mass is 456 g/mol. The molecule has 2 aliphatic heterocycles. The second kappa shape index (κ2) is 8.26. The summed E-state index contributed by atoms with van der Waals surface area (Å²) in [4.78, 5) is 14.7. The van der Waals surface area contributed by atoms with E-state index in [-0.39, 0.29) is 29.0 Å². The van der Waals surface area contributed by atoms with E-state index in [1.54, 1.807) is 29.2 Å². The molecule has 2 aliphatic rings. The van der Waals surface area contributed by atoms with Crippen molar-refractivity contribution in [1.82, 2.24) is 14.7 Å². The van der Waals surface area contributed by atoms with Crippen molar-refractivity contribution < 1.29 is 22.7 Å². The smallest absolute Gasteiger partial charge is 0.410 e. The average molecular weight is 457 g/mol. The third-order valence-electron chi connectivity index (χ3n) is 6.08. The predicted molar refractivity (Wildman–Crippen MR) is 111 cm³/mol. The molecule has 10 heteroatoms. The zero-order valence-electron chi connectivity index (χ0n) is 17.2. The quantitative estimate of drug-likeness (QED) is 0.688. The number of carbonyl (C=O) groups is 1. The van der Waals surface area contributed by atoms with E-state index >= 15 is 0 Å². The number of carbonyl (C=O) groups excluding carboxylic acids is 1. The number of benzene rings is 1. The molecule has 1 aromatic heterocycles. The van der Waals surface area contributed by atoms with Crippen LogP contribution < -0.4 is 10.1 Å². The van der Waals surface area contributed by atoms with Gasteiger partial charge in [0.2, 0.25) is 0 Å². The number of ether oxygens (including phenoxy) is 1. The molecule has 0 saturated carbocycles. The van der Waals surface area contributed by atoms with Gasteiger partial charge in [-0.1, -0.05) is 23.7 Å². The molecule has 0 spiro atoms. The molecule has 1 saturated heterocycles. The molecular formula is C21H24ClF3N4O2. The lowest BCUT2D eigenvalue weighted by Gasteiger charge is -2.33. The van der Waals surface area contributed by atoms with Gasteiger partial charge >= 0.3 is 6.18 Å². The van der Waals surface area contributed by atoms with Gasteiger partial charge in [0.15, 0.2) is 11.7 Å². The van der Waals surface area contributed by atoms with Gasteiger partial charge in [0.1, 0.15) is 16.6 Å². The lowest BCUT2D eigenvalue weighted by molar-refractivity contribution is -0.173. The number of likely N-dealkylation sites (tertiary alicyclic amines) is 1. The normalized spacial score (nSPS) is 23.8. The van der Waals surface area contributed by atoms with E-state index in [9.17, 15) is 18.0 Å².